The molecule has 1 aromatic rings. The van der Waals surface area contributed by atoms with Crippen LogP contribution in [0.5, 0.6) is 0 Å². The van der Waals surface area contributed by atoms with Gasteiger partial charge in [0.25, 0.3) is 0 Å². The van der Waals surface area contributed by atoms with Gasteiger partial charge in [-0.2, -0.15) is 0 Å². The lowest BCUT2D eigenvalue weighted by Gasteiger charge is -2.08. The second-order valence-corrected chi connectivity index (χ2v) is 3.55. The molecule has 1 unspecified atom stereocenters. The highest BCUT2D eigenvalue weighted by molar-refractivity contribution is 6.38. The number of fused-ring (bicyclic) bond motifs is 1. The van der Waals surface area contributed by atoms with Crippen LogP contribution in [-0.2, 0) is 6.42 Å². The van der Waals surface area contributed by atoms with Crippen molar-refractivity contribution in [3.05, 3.63) is 35.4 Å². The predicted octanol–water partition coefficient (Wildman–Crippen LogP) is 1.35. The average molecular weight is 183 g/mol. The summed E-state index contributed by atoms with van der Waals surface area (Å²) in [7, 11) is 0. The maximum absolute atomic E-state index is 11.3. The van der Waals surface area contributed by atoms with E-state index in [1.807, 2.05) is 6.07 Å². The van der Waals surface area contributed by atoms with E-state index < -0.39 is 5.06 Å². The number of carbonyl (C=O) groups is 1. The second kappa shape index (κ2) is 2.31. The summed E-state index contributed by atoms with van der Waals surface area (Å²) in [5, 5.41) is 7.70. The van der Waals surface area contributed by atoms with Gasteiger partial charge in [-0.1, -0.05) is 35.9 Å². The molecule has 62 valence electrons. The monoisotopic (exact) mass is 182 g/mol. The molecule has 0 spiro atoms. The smallest absolute Gasteiger partial charge is 0.210 e. The van der Waals surface area contributed by atoms with E-state index in [-0.39, 0.29) is 12.2 Å². The van der Waals surface area contributed by atoms with Gasteiger partial charge in [0.15, 0.2) is 0 Å². The number of ketones is 1. The molecule has 0 saturated carbocycles. The zero-order valence-corrected chi connectivity index (χ0v) is 7.01. The highest BCUT2D eigenvalue weighted by atomic mass is 35.5. The van der Waals surface area contributed by atoms with Crippen molar-refractivity contribution in [1.29, 1.82) is 0 Å². The quantitative estimate of drug-likeness (QED) is 0.615. The van der Waals surface area contributed by atoms with Crippen molar-refractivity contribution in [3.63, 3.8) is 0 Å². The zero-order valence-electron chi connectivity index (χ0n) is 6.25. The number of alkyl halides is 1. The average Bonchev–Trinajstić information content (AvgIpc) is 2.24. The van der Waals surface area contributed by atoms with Gasteiger partial charge >= 0.3 is 0 Å². The molecular weight excluding hydrogens is 176 g/mol. The lowest BCUT2D eigenvalue weighted by Crippen LogP contribution is -2.27. The lowest BCUT2D eigenvalue weighted by molar-refractivity contribution is 0.0683. The molecular formula is C9H7ClO2. The van der Waals surface area contributed by atoms with Gasteiger partial charge in [0.1, 0.15) is 0 Å². The molecule has 0 bridgehead atoms. The molecule has 0 fully saturated rings. The number of Topliss-reactive ketones (excluding diaryl/α,β-unsaturated/α-hetero) is 1. The first kappa shape index (κ1) is 7.77. The minimum Gasteiger partial charge on any atom is -0.368 e. The van der Waals surface area contributed by atoms with Crippen LogP contribution in [0.15, 0.2) is 24.3 Å². The molecule has 3 heteroatoms. The van der Waals surface area contributed by atoms with Gasteiger partial charge in [-0.25, -0.2) is 0 Å². The van der Waals surface area contributed by atoms with E-state index in [9.17, 15) is 9.90 Å². The van der Waals surface area contributed by atoms with Gasteiger partial charge < -0.3 is 5.11 Å². The van der Waals surface area contributed by atoms with Crippen LogP contribution in [0.3, 0.4) is 0 Å². The Morgan fingerprint density at radius 3 is 2.75 bits per heavy atom. The summed E-state index contributed by atoms with van der Waals surface area (Å²) in [6, 6.07) is 7.06. The summed E-state index contributed by atoms with van der Waals surface area (Å²) < 4.78 is 0. The summed E-state index contributed by atoms with van der Waals surface area (Å²) >= 11 is 5.59. The first-order valence-corrected chi connectivity index (χ1v) is 4.03. The number of halogens is 1. The maximum Gasteiger partial charge on any atom is 0.210 e. The highest BCUT2D eigenvalue weighted by Crippen LogP contribution is 2.32. The standard InChI is InChI=1S/C9H7ClO2/c10-9(12)5-6-3-1-2-4-7(6)8(9)11/h1-4,12H,5H2. The van der Waals surface area contributed by atoms with Crippen LogP contribution in [0.1, 0.15) is 15.9 Å². The molecule has 1 aliphatic rings. The Kier molecular flexibility index (Phi) is 1.50. The molecule has 0 radical (unpaired) electrons. The third kappa shape index (κ3) is 0.958. The van der Waals surface area contributed by atoms with Crippen molar-refractivity contribution >= 4 is 17.4 Å². The fourth-order valence-electron chi connectivity index (χ4n) is 1.43. The number of hydrogen-bond donors (Lipinski definition) is 1. The molecule has 0 aliphatic heterocycles. The molecule has 0 aromatic heterocycles. The molecule has 1 aromatic carbocycles. The van der Waals surface area contributed by atoms with E-state index in [1.54, 1.807) is 18.2 Å². The minimum absolute atomic E-state index is 0.212. The molecule has 0 saturated heterocycles. The summed E-state index contributed by atoms with van der Waals surface area (Å²) in [6.07, 6.45) is 0.212. The van der Waals surface area contributed by atoms with Gasteiger partial charge in [0.05, 0.1) is 0 Å². The summed E-state index contributed by atoms with van der Waals surface area (Å²) in [6.45, 7) is 0. The van der Waals surface area contributed by atoms with E-state index in [1.165, 1.54) is 0 Å². The molecule has 1 aliphatic carbocycles. The lowest BCUT2D eigenvalue weighted by atomic mass is 10.1. The van der Waals surface area contributed by atoms with Gasteiger partial charge in [0.2, 0.25) is 10.8 Å². The number of rotatable bonds is 0. The zero-order chi connectivity index (χ0) is 8.77. The Morgan fingerprint density at radius 1 is 1.42 bits per heavy atom. The second-order valence-electron chi connectivity index (χ2n) is 2.92. The van der Waals surface area contributed by atoms with Crippen LogP contribution in [0.2, 0.25) is 0 Å². The minimum atomic E-state index is -1.70. The summed E-state index contributed by atoms with van der Waals surface area (Å²) in [4.78, 5) is 11.3. The van der Waals surface area contributed by atoms with Crippen LogP contribution >= 0.6 is 11.6 Å². The molecule has 12 heavy (non-hydrogen) atoms. The molecule has 1 N–H and O–H groups in total. The molecule has 0 amide bonds. The third-order valence-corrected chi connectivity index (χ3v) is 2.34. The molecule has 2 nitrogen and oxygen atoms in total. The third-order valence-electron chi connectivity index (χ3n) is 2.03. The largest absolute Gasteiger partial charge is 0.368 e. The van der Waals surface area contributed by atoms with Crippen LogP contribution in [0.25, 0.3) is 0 Å². The SMILES string of the molecule is O=C1c2ccccc2CC1(O)Cl. The van der Waals surface area contributed by atoms with Crippen LogP contribution < -0.4 is 0 Å². The van der Waals surface area contributed by atoms with E-state index in [0.29, 0.717) is 5.56 Å². The molecule has 2 rings (SSSR count). The van der Waals surface area contributed by atoms with E-state index in [2.05, 4.69) is 0 Å². The van der Waals surface area contributed by atoms with Crippen molar-refractivity contribution in [2.45, 2.75) is 11.5 Å². The highest BCUT2D eigenvalue weighted by Gasteiger charge is 2.41. The maximum atomic E-state index is 11.3. The van der Waals surface area contributed by atoms with Crippen molar-refractivity contribution in [3.8, 4) is 0 Å². The number of hydrogen-bond acceptors (Lipinski definition) is 2. The van der Waals surface area contributed by atoms with Crippen molar-refractivity contribution in [2.24, 2.45) is 0 Å². The fraction of sp³-hybridized carbons (Fsp3) is 0.222. The Hall–Kier alpha value is -0.860. The normalized spacial score (nSPS) is 27.3. The first-order chi connectivity index (χ1) is 5.61. The Bertz CT molecular complexity index is 344. The van der Waals surface area contributed by atoms with Crippen molar-refractivity contribution < 1.29 is 9.90 Å². The summed E-state index contributed by atoms with van der Waals surface area (Å²) in [5.41, 5.74) is 1.36. The number of aliphatic hydroxyl groups is 1. The number of benzene rings is 1. The Morgan fingerprint density at radius 2 is 2.08 bits per heavy atom. The van der Waals surface area contributed by atoms with E-state index in [4.69, 9.17) is 11.6 Å². The summed E-state index contributed by atoms with van der Waals surface area (Å²) in [5.74, 6) is -0.389. The fourth-order valence-corrected chi connectivity index (χ4v) is 1.68. The first-order valence-electron chi connectivity index (χ1n) is 3.65. The Balaban J connectivity index is 2.57. The van der Waals surface area contributed by atoms with Gasteiger partial charge in [-0.3, -0.25) is 4.79 Å². The van der Waals surface area contributed by atoms with E-state index in [0.717, 1.165) is 5.56 Å². The van der Waals surface area contributed by atoms with Gasteiger partial charge in [0, 0.05) is 12.0 Å². The number of carbonyl (C=O) groups excluding carboxylic acids is 1. The molecule has 0 heterocycles. The Labute approximate surface area is 74.8 Å². The van der Waals surface area contributed by atoms with Gasteiger partial charge in [-0.05, 0) is 5.56 Å². The predicted molar refractivity (Wildman–Crippen MR) is 45.3 cm³/mol. The van der Waals surface area contributed by atoms with E-state index >= 15 is 0 Å². The van der Waals surface area contributed by atoms with Crippen molar-refractivity contribution in [2.75, 3.05) is 0 Å². The van der Waals surface area contributed by atoms with Crippen LogP contribution in [0, 0.1) is 0 Å². The topological polar surface area (TPSA) is 37.3 Å². The van der Waals surface area contributed by atoms with Crippen LogP contribution in [0.4, 0.5) is 0 Å². The van der Waals surface area contributed by atoms with Crippen LogP contribution in [-0.4, -0.2) is 16.0 Å². The van der Waals surface area contributed by atoms with Gasteiger partial charge in [-0.15, -0.1) is 0 Å². The van der Waals surface area contributed by atoms with Crippen molar-refractivity contribution in [1.82, 2.24) is 0 Å². The molecule has 1 atom stereocenters.